The Morgan fingerprint density at radius 3 is 2.02 bits per heavy atom. The fourth-order valence-electron chi connectivity index (χ4n) is 8.92. The largest absolute Gasteiger partial charge is 0.455 e. The van der Waals surface area contributed by atoms with Crippen molar-refractivity contribution in [3.8, 4) is 44.9 Å². The molecule has 11 rings (SSSR count). The number of furan rings is 1. The Morgan fingerprint density at radius 1 is 0.474 bits per heavy atom. The first-order chi connectivity index (χ1) is 28.0. The van der Waals surface area contributed by atoms with Gasteiger partial charge in [-0.2, -0.15) is 0 Å². The molecule has 1 aliphatic rings. The fraction of sp³-hybridized carbons (Fsp3) is 0.0566. The predicted molar refractivity (Wildman–Crippen MR) is 235 cm³/mol. The lowest BCUT2D eigenvalue weighted by atomic mass is 9.82. The van der Waals surface area contributed by atoms with E-state index in [1.807, 2.05) is 24.3 Å². The van der Waals surface area contributed by atoms with Gasteiger partial charge in [-0.3, -0.25) is 0 Å². The average molecular weight is 732 g/mol. The molecule has 4 nitrogen and oxygen atoms in total. The second-order valence-electron chi connectivity index (χ2n) is 15.4. The molecule has 57 heavy (non-hydrogen) atoms. The maximum absolute atomic E-state index is 6.45. The highest BCUT2D eigenvalue weighted by atomic mass is 16.3. The molecule has 2 heterocycles. The summed E-state index contributed by atoms with van der Waals surface area (Å²) < 4.78 is 6.45. The summed E-state index contributed by atoms with van der Waals surface area (Å²) in [6.07, 6.45) is 0. The molecule has 0 fully saturated rings. The van der Waals surface area contributed by atoms with Crippen LogP contribution in [0.5, 0.6) is 0 Å². The monoisotopic (exact) mass is 731 g/mol. The summed E-state index contributed by atoms with van der Waals surface area (Å²) in [6.45, 7) is 4.67. The topological polar surface area (TPSA) is 42.2 Å². The van der Waals surface area contributed by atoms with E-state index in [9.17, 15) is 0 Å². The molecule has 0 atom stereocenters. The minimum atomic E-state index is -0.142. The van der Waals surface area contributed by atoms with Crippen molar-refractivity contribution in [3.63, 3.8) is 0 Å². The van der Waals surface area contributed by atoms with Crippen LogP contribution in [0.3, 0.4) is 0 Å². The van der Waals surface area contributed by atoms with Crippen LogP contribution in [0, 0.1) is 0 Å². The maximum Gasteiger partial charge on any atom is 0.160 e. The first kappa shape index (κ1) is 33.1. The summed E-state index contributed by atoms with van der Waals surface area (Å²) in [4.78, 5) is 12.8. The normalized spacial score (nSPS) is 12.9. The maximum atomic E-state index is 6.45. The molecule has 10 aromatic rings. The lowest BCUT2D eigenvalue weighted by Gasteiger charge is -2.29. The van der Waals surface area contributed by atoms with Crippen LogP contribution in [0.1, 0.15) is 25.0 Å². The van der Waals surface area contributed by atoms with Crippen LogP contribution in [-0.2, 0) is 5.41 Å². The predicted octanol–water partition coefficient (Wildman–Crippen LogP) is 14.3. The van der Waals surface area contributed by atoms with Gasteiger partial charge < -0.3 is 9.32 Å². The molecule has 8 aromatic carbocycles. The first-order valence-electron chi connectivity index (χ1n) is 19.5. The zero-order valence-corrected chi connectivity index (χ0v) is 31.6. The van der Waals surface area contributed by atoms with E-state index in [2.05, 4.69) is 183 Å². The smallest absolute Gasteiger partial charge is 0.160 e. The summed E-state index contributed by atoms with van der Waals surface area (Å²) in [5.74, 6) is 0.688. The summed E-state index contributed by atoms with van der Waals surface area (Å²) >= 11 is 0. The van der Waals surface area contributed by atoms with Crippen molar-refractivity contribution in [1.29, 1.82) is 0 Å². The Balaban J connectivity index is 1.10. The summed E-state index contributed by atoms with van der Waals surface area (Å²) in [5.41, 5.74) is 16.1. The number of anilines is 3. The molecule has 0 bridgehead atoms. The van der Waals surface area contributed by atoms with Crippen LogP contribution >= 0.6 is 0 Å². The van der Waals surface area contributed by atoms with Crippen molar-refractivity contribution in [2.45, 2.75) is 19.3 Å². The molecule has 0 spiro atoms. The molecule has 0 aliphatic heterocycles. The van der Waals surface area contributed by atoms with Crippen LogP contribution in [0.15, 0.2) is 192 Å². The van der Waals surface area contributed by atoms with Gasteiger partial charge in [0, 0.05) is 55.2 Å². The van der Waals surface area contributed by atoms with Crippen LogP contribution in [0.4, 0.5) is 17.1 Å². The van der Waals surface area contributed by atoms with Crippen molar-refractivity contribution in [2.24, 2.45) is 0 Å². The van der Waals surface area contributed by atoms with Crippen molar-refractivity contribution in [3.05, 3.63) is 199 Å². The van der Waals surface area contributed by atoms with Gasteiger partial charge in [0.25, 0.3) is 0 Å². The standard InChI is InChI=1S/C53H37N3O/c1-53(2)44-24-9-6-20-42(44)49-45(53)25-14-27-47(49)56(37-31-29-34(30-32-37)39-22-13-23-41-40-19-8-11-28-48(40)57-51(39)41)38-18-12-17-36(33-38)52-54-46-26-10-7-21-43(46)50(55-52)35-15-4-3-5-16-35/h3-33H,1-2H3. The molecule has 2 aromatic heterocycles. The molecular formula is C53H37N3O. The average Bonchev–Trinajstić information content (AvgIpc) is 3.76. The van der Waals surface area contributed by atoms with Gasteiger partial charge in [0.2, 0.25) is 0 Å². The van der Waals surface area contributed by atoms with E-state index in [1.54, 1.807) is 0 Å². The van der Waals surface area contributed by atoms with Gasteiger partial charge in [-0.05, 0) is 64.7 Å². The number of hydrogen-bond acceptors (Lipinski definition) is 4. The highest BCUT2D eigenvalue weighted by molar-refractivity contribution is 6.09. The SMILES string of the molecule is CC1(C)c2ccccc2-c2c(N(c3ccc(-c4cccc5c4oc4ccccc45)cc3)c3cccc(-c4nc(-c5ccccc5)c5ccccc5n4)c3)cccc21. The lowest BCUT2D eigenvalue weighted by molar-refractivity contribution is 0.660. The number of hydrogen-bond donors (Lipinski definition) is 0. The van der Waals surface area contributed by atoms with Gasteiger partial charge in [0.05, 0.1) is 16.9 Å². The molecule has 0 radical (unpaired) electrons. The quantitative estimate of drug-likeness (QED) is 0.171. The number of rotatable bonds is 6. The Bertz CT molecular complexity index is 3160. The second-order valence-corrected chi connectivity index (χ2v) is 15.4. The van der Waals surface area contributed by atoms with E-state index >= 15 is 0 Å². The van der Waals surface area contributed by atoms with E-state index in [0.717, 1.165) is 77.9 Å². The zero-order chi connectivity index (χ0) is 38.1. The number of para-hydroxylation sites is 3. The van der Waals surface area contributed by atoms with Crippen LogP contribution in [-0.4, -0.2) is 9.97 Å². The number of fused-ring (bicyclic) bond motifs is 7. The summed E-state index contributed by atoms with van der Waals surface area (Å²) in [7, 11) is 0. The number of benzene rings is 8. The zero-order valence-electron chi connectivity index (χ0n) is 31.6. The Labute approximate surface area is 331 Å². The fourth-order valence-corrected chi connectivity index (χ4v) is 8.92. The third kappa shape index (κ3) is 5.29. The second kappa shape index (κ2) is 12.9. The van der Waals surface area contributed by atoms with Gasteiger partial charge >= 0.3 is 0 Å². The molecule has 1 aliphatic carbocycles. The molecule has 0 unspecified atom stereocenters. The number of aromatic nitrogens is 2. The van der Waals surface area contributed by atoms with E-state index in [0.29, 0.717) is 5.82 Å². The van der Waals surface area contributed by atoms with E-state index in [1.165, 1.54) is 22.3 Å². The van der Waals surface area contributed by atoms with Gasteiger partial charge in [-0.25, -0.2) is 9.97 Å². The van der Waals surface area contributed by atoms with Crippen molar-refractivity contribution in [1.82, 2.24) is 9.97 Å². The van der Waals surface area contributed by atoms with Crippen molar-refractivity contribution in [2.75, 3.05) is 4.90 Å². The van der Waals surface area contributed by atoms with Gasteiger partial charge in [-0.1, -0.05) is 159 Å². The van der Waals surface area contributed by atoms with Gasteiger partial charge in [0.15, 0.2) is 5.82 Å². The van der Waals surface area contributed by atoms with Crippen LogP contribution in [0.2, 0.25) is 0 Å². The van der Waals surface area contributed by atoms with Crippen LogP contribution in [0.25, 0.3) is 77.7 Å². The van der Waals surface area contributed by atoms with Gasteiger partial charge in [-0.15, -0.1) is 0 Å². The van der Waals surface area contributed by atoms with Crippen LogP contribution < -0.4 is 4.90 Å². The third-order valence-corrected chi connectivity index (χ3v) is 11.7. The minimum absolute atomic E-state index is 0.142. The van der Waals surface area contributed by atoms with E-state index < -0.39 is 0 Å². The van der Waals surface area contributed by atoms with Crippen molar-refractivity contribution < 1.29 is 4.42 Å². The molecule has 0 N–H and O–H groups in total. The molecule has 0 amide bonds. The summed E-state index contributed by atoms with van der Waals surface area (Å²) in [5, 5.41) is 3.28. The van der Waals surface area contributed by atoms with Crippen molar-refractivity contribution >= 4 is 49.9 Å². The minimum Gasteiger partial charge on any atom is -0.455 e. The molecule has 270 valence electrons. The molecule has 0 saturated carbocycles. The van der Waals surface area contributed by atoms with E-state index in [4.69, 9.17) is 14.4 Å². The Kier molecular flexibility index (Phi) is 7.48. The first-order valence-corrected chi connectivity index (χ1v) is 19.5. The number of nitrogens with zero attached hydrogens (tertiary/aromatic N) is 3. The highest BCUT2D eigenvalue weighted by Gasteiger charge is 2.37. The summed E-state index contributed by atoms with van der Waals surface area (Å²) in [6, 6.07) is 66.5. The third-order valence-electron chi connectivity index (χ3n) is 11.7. The Hall–Kier alpha value is -7.30. The Morgan fingerprint density at radius 2 is 1.14 bits per heavy atom. The molecule has 4 heteroatoms. The van der Waals surface area contributed by atoms with E-state index in [-0.39, 0.29) is 5.41 Å². The molecule has 0 saturated heterocycles. The highest BCUT2D eigenvalue weighted by Crippen LogP contribution is 2.54. The lowest BCUT2D eigenvalue weighted by Crippen LogP contribution is -2.16. The molecular weight excluding hydrogens is 695 g/mol. The van der Waals surface area contributed by atoms with Gasteiger partial charge in [0.1, 0.15) is 11.2 Å².